The lowest BCUT2D eigenvalue weighted by atomic mass is 9.53. The van der Waals surface area contributed by atoms with E-state index in [9.17, 15) is 5.02 Å². The second-order valence-corrected chi connectivity index (χ2v) is 6.00. The van der Waals surface area contributed by atoms with Crippen LogP contribution in [0.25, 0.3) is 0 Å². The summed E-state index contributed by atoms with van der Waals surface area (Å²) in [7, 11) is 0. The van der Waals surface area contributed by atoms with Gasteiger partial charge in [0.2, 0.25) is 0 Å². The van der Waals surface area contributed by atoms with Gasteiger partial charge in [0.1, 0.15) is 0 Å². The van der Waals surface area contributed by atoms with Crippen LogP contribution in [0.4, 0.5) is 0 Å². The average molecular weight is 285 g/mol. The van der Waals surface area contributed by atoms with Gasteiger partial charge in [-0.2, -0.15) is 0 Å². The molecule has 2 aromatic rings. The lowest BCUT2D eigenvalue weighted by Crippen LogP contribution is -2.36. The van der Waals surface area contributed by atoms with Crippen LogP contribution in [0.3, 0.4) is 0 Å². The number of fused-ring (bicyclic) bond motifs is 1. The van der Waals surface area contributed by atoms with Crippen LogP contribution in [0.15, 0.2) is 42.5 Å². The third kappa shape index (κ3) is 3.08. The molecule has 0 aromatic heterocycles. The van der Waals surface area contributed by atoms with Crippen molar-refractivity contribution in [1.29, 1.82) is 0 Å². The fourth-order valence-corrected chi connectivity index (χ4v) is 3.04. The number of benzene rings is 2. The first-order chi connectivity index (χ1) is 9.72. The molecule has 1 N–H and O–H groups in total. The Morgan fingerprint density at radius 2 is 1.70 bits per heavy atom. The molecule has 0 fully saturated rings. The maximum atomic E-state index is 10.1. The van der Waals surface area contributed by atoms with E-state index < -0.39 is 0 Å². The van der Waals surface area contributed by atoms with Gasteiger partial charge < -0.3 is 5.02 Å². The normalized spacial score (nSPS) is 14.2. The van der Waals surface area contributed by atoms with E-state index in [0.717, 1.165) is 42.5 Å². The molecule has 3 heteroatoms. The lowest BCUT2D eigenvalue weighted by Gasteiger charge is -2.19. The Kier molecular flexibility index (Phi) is 4.14. The molecule has 2 aromatic carbocycles. The minimum absolute atomic E-state index is 0.269. The van der Waals surface area contributed by atoms with Crippen molar-refractivity contribution in [2.75, 3.05) is 0 Å². The van der Waals surface area contributed by atoms with Crippen molar-refractivity contribution >= 4 is 24.0 Å². The Bertz CT molecular complexity index is 594. The minimum Gasteiger partial charge on any atom is -0.446 e. The van der Waals surface area contributed by atoms with Crippen molar-refractivity contribution in [1.82, 2.24) is 0 Å². The van der Waals surface area contributed by atoms with E-state index in [4.69, 9.17) is 11.6 Å². The lowest BCUT2D eigenvalue weighted by molar-refractivity contribution is 0.574. The summed E-state index contributed by atoms with van der Waals surface area (Å²) < 4.78 is 0. The van der Waals surface area contributed by atoms with Gasteiger partial charge >= 0.3 is 6.92 Å². The Morgan fingerprint density at radius 1 is 1.00 bits per heavy atom. The van der Waals surface area contributed by atoms with Crippen molar-refractivity contribution in [2.24, 2.45) is 0 Å². The van der Waals surface area contributed by atoms with E-state index in [2.05, 4.69) is 30.3 Å². The highest BCUT2D eigenvalue weighted by Gasteiger charge is 2.22. The first-order valence-corrected chi connectivity index (χ1v) is 7.64. The summed E-state index contributed by atoms with van der Waals surface area (Å²) in [4.78, 5) is 0. The molecule has 0 saturated carbocycles. The van der Waals surface area contributed by atoms with Crippen LogP contribution in [-0.4, -0.2) is 11.9 Å². The number of hydrogen-bond acceptors (Lipinski definition) is 1. The monoisotopic (exact) mass is 284 g/mol. The van der Waals surface area contributed by atoms with Gasteiger partial charge in [0.25, 0.3) is 0 Å². The van der Waals surface area contributed by atoms with Crippen LogP contribution in [0.1, 0.15) is 23.1 Å². The van der Waals surface area contributed by atoms with Crippen LogP contribution >= 0.6 is 11.6 Å². The molecule has 0 spiro atoms. The molecule has 3 rings (SSSR count). The van der Waals surface area contributed by atoms with Gasteiger partial charge in [-0.3, -0.25) is 0 Å². The maximum Gasteiger partial charge on any atom is 0.323 e. The fourth-order valence-electron chi connectivity index (χ4n) is 2.92. The van der Waals surface area contributed by atoms with Crippen LogP contribution < -0.4 is 5.46 Å². The number of rotatable bonds is 3. The van der Waals surface area contributed by atoms with Gasteiger partial charge in [-0.25, -0.2) is 0 Å². The summed E-state index contributed by atoms with van der Waals surface area (Å²) in [6.45, 7) is -0.269. The van der Waals surface area contributed by atoms with Crippen LogP contribution in [0.5, 0.6) is 0 Å². The van der Waals surface area contributed by atoms with Crippen molar-refractivity contribution < 1.29 is 5.02 Å². The molecule has 0 bridgehead atoms. The van der Waals surface area contributed by atoms with E-state index in [-0.39, 0.29) is 6.92 Å². The SMILES string of the molecule is OB1CCCc2ccc(CCc3ccc(Cl)cc3)cc21. The highest BCUT2D eigenvalue weighted by molar-refractivity contribution is 6.67. The van der Waals surface area contributed by atoms with Gasteiger partial charge in [0.15, 0.2) is 0 Å². The van der Waals surface area contributed by atoms with Crippen LogP contribution in [0, 0.1) is 0 Å². The van der Waals surface area contributed by atoms with Crippen molar-refractivity contribution in [3.63, 3.8) is 0 Å². The molecular formula is C17H18BClO. The average Bonchev–Trinajstić information content (AvgIpc) is 2.47. The number of hydrogen-bond donors (Lipinski definition) is 1. The summed E-state index contributed by atoms with van der Waals surface area (Å²) in [6.07, 6.45) is 5.10. The highest BCUT2D eigenvalue weighted by Crippen LogP contribution is 2.16. The molecule has 20 heavy (non-hydrogen) atoms. The smallest absolute Gasteiger partial charge is 0.323 e. The summed E-state index contributed by atoms with van der Waals surface area (Å²) in [6, 6.07) is 14.6. The van der Waals surface area contributed by atoms with E-state index >= 15 is 0 Å². The standard InChI is InChI=1S/C17H18BClO/c19-16-9-6-13(7-10-16)3-4-14-5-8-15-2-1-11-18(20)17(15)12-14/h5-10,12,20H,1-4,11H2. The van der Waals surface area contributed by atoms with Gasteiger partial charge in [0.05, 0.1) is 0 Å². The fraction of sp³-hybridized carbons (Fsp3) is 0.294. The molecule has 0 radical (unpaired) electrons. The summed E-state index contributed by atoms with van der Waals surface area (Å²) in [5.41, 5.74) is 5.07. The molecule has 102 valence electrons. The molecule has 0 saturated heterocycles. The molecule has 1 heterocycles. The topological polar surface area (TPSA) is 20.2 Å². The second-order valence-electron chi connectivity index (χ2n) is 5.57. The van der Waals surface area contributed by atoms with E-state index in [1.165, 1.54) is 16.7 Å². The number of aryl methyl sites for hydroxylation is 3. The van der Waals surface area contributed by atoms with Gasteiger partial charge in [-0.1, -0.05) is 53.9 Å². The maximum absolute atomic E-state index is 10.1. The Hall–Kier alpha value is -1.25. The molecule has 0 amide bonds. The van der Waals surface area contributed by atoms with Crippen molar-refractivity contribution in [3.8, 4) is 0 Å². The molecule has 1 aliphatic rings. The predicted octanol–water partition coefficient (Wildman–Crippen LogP) is 3.26. The van der Waals surface area contributed by atoms with Gasteiger partial charge in [0, 0.05) is 5.02 Å². The Labute approximate surface area is 125 Å². The zero-order valence-corrected chi connectivity index (χ0v) is 12.2. The predicted molar refractivity (Wildman–Crippen MR) is 86.0 cm³/mol. The molecule has 0 aliphatic carbocycles. The largest absolute Gasteiger partial charge is 0.446 e. The van der Waals surface area contributed by atoms with Crippen molar-refractivity contribution in [2.45, 2.75) is 32.0 Å². The Balaban J connectivity index is 1.72. The minimum atomic E-state index is -0.269. The van der Waals surface area contributed by atoms with Crippen LogP contribution in [0.2, 0.25) is 11.3 Å². The third-order valence-electron chi connectivity index (χ3n) is 4.11. The summed E-state index contributed by atoms with van der Waals surface area (Å²) >= 11 is 5.90. The molecule has 1 nitrogen and oxygen atoms in total. The first kappa shape index (κ1) is 13.7. The zero-order chi connectivity index (χ0) is 13.9. The summed E-state index contributed by atoms with van der Waals surface area (Å²) in [5, 5.41) is 10.9. The van der Waals surface area contributed by atoms with E-state index in [0.29, 0.717) is 0 Å². The molecule has 1 aliphatic heterocycles. The second kappa shape index (κ2) is 6.03. The quantitative estimate of drug-likeness (QED) is 0.858. The Morgan fingerprint density at radius 3 is 2.50 bits per heavy atom. The van der Waals surface area contributed by atoms with Gasteiger partial charge in [-0.05, 0) is 54.3 Å². The first-order valence-electron chi connectivity index (χ1n) is 7.26. The van der Waals surface area contributed by atoms with Crippen LogP contribution in [-0.2, 0) is 19.3 Å². The van der Waals surface area contributed by atoms with E-state index in [1.54, 1.807) is 0 Å². The van der Waals surface area contributed by atoms with Crippen molar-refractivity contribution in [3.05, 3.63) is 64.2 Å². The molecule has 0 unspecified atom stereocenters. The molecular weight excluding hydrogens is 266 g/mol. The summed E-state index contributed by atoms with van der Waals surface area (Å²) in [5.74, 6) is 0. The zero-order valence-electron chi connectivity index (χ0n) is 11.5. The van der Waals surface area contributed by atoms with E-state index in [1.807, 2.05) is 12.1 Å². The van der Waals surface area contributed by atoms with Gasteiger partial charge in [-0.15, -0.1) is 0 Å². The number of halogens is 1. The molecule has 0 atom stereocenters. The highest BCUT2D eigenvalue weighted by atomic mass is 35.5. The third-order valence-corrected chi connectivity index (χ3v) is 4.36.